The predicted molar refractivity (Wildman–Crippen MR) is 200 cm³/mol. The van der Waals surface area contributed by atoms with Crippen LogP contribution in [0.1, 0.15) is 217 Å². The van der Waals surface area contributed by atoms with Gasteiger partial charge >= 0.3 is 11.9 Å². The molecule has 0 aliphatic rings. The number of rotatable bonds is 36. The van der Waals surface area contributed by atoms with E-state index in [4.69, 9.17) is 10.2 Å². The summed E-state index contributed by atoms with van der Waals surface area (Å²) in [5, 5.41) is 38.0. The highest BCUT2D eigenvalue weighted by Gasteiger charge is 2.12. The van der Waals surface area contributed by atoms with E-state index in [1.165, 1.54) is 160 Å². The smallest absolute Gasteiger partial charge is 0.303 e. The molecule has 0 radical (unpaired) electrons. The van der Waals surface area contributed by atoms with Gasteiger partial charge in [-0.2, -0.15) is 0 Å². The van der Waals surface area contributed by atoms with Crippen LogP contribution in [-0.2, 0) is 22.4 Å². The van der Waals surface area contributed by atoms with E-state index in [0.717, 1.165) is 56.9 Å². The van der Waals surface area contributed by atoms with E-state index in [2.05, 4.69) is 0 Å². The first-order valence-corrected chi connectivity index (χ1v) is 20.4. The second-order valence-corrected chi connectivity index (χ2v) is 14.5. The summed E-state index contributed by atoms with van der Waals surface area (Å²) in [5.74, 6) is -1.24. The fraction of sp³-hybridized carbons (Fsp3) is 0.810. The number of aromatic hydroxyl groups is 2. The summed E-state index contributed by atoms with van der Waals surface area (Å²) in [6.07, 6.45) is 39.3. The molecule has 0 aromatic heterocycles. The van der Waals surface area contributed by atoms with Crippen molar-refractivity contribution < 1.29 is 30.0 Å². The van der Waals surface area contributed by atoms with E-state index in [1.807, 2.05) is 6.07 Å². The first-order valence-electron chi connectivity index (χ1n) is 20.4. The van der Waals surface area contributed by atoms with Gasteiger partial charge in [0.05, 0.1) is 0 Å². The molecule has 0 saturated heterocycles. The minimum absolute atomic E-state index is 0.0115. The Kier molecular flexibility index (Phi) is 29.2. The van der Waals surface area contributed by atoms with Gasteiger partial charge in [-0.05, 0) is 50.2 Å². The lowest BCUT2D eigenvalue weighted by atomic mass is 9.95. The zero-order valence-electron chi connectivity index (χ0n) is 30.8. The number of aryl methyl sites for hydroxylation is 1. The number of carbonyl (C=O) groups is 2. The Morgan fingerprint density at radius 1 is 0.375 bits per heavy atom. The average molecular weight is 675 g/mol. The lowest BCUT2D eigenvalue weighted by Crippen LogP contribution is -1.97. The zero-order valence-corrected chi connectivity index (χ0v) is 30.8. The number of carboxylic acid groups (broad SMARTS) is 2. The molecule has 1 aromatic carbocycles. The Hall–Kier alpha value is -2.24. The van der Waals surface area contributed by atoms with Gasteiger partial charge in [-0.15, -0.1) is 0 Å². The largest absolute Gasteiger partial charge is 0.504 e. The average Bonchev–Trinajstić information content (AvgIpc) is 3.06. The molecule has 1 aromatic rings. The highest BCUT2D eigenvalue weighted by Crippen LogP contribution is 2.33. The third kappa shape index (κ3) is 26.7. The normalized spacial score (nSPS) is 11.3. The fourth-order valence-electron chi connectivity index (χ4n) is 6.94. The monoisotopic (exact) mass is 675 g/mol. The Balaban J connectivity index is 1.99. The van der Waals surface area contributed by atoms with Gasteiger partial charge in [0.1, 0.15) is 0 Å². The second kappa shape index (κ2) is 32.0. The first kappa shape index (κ1) is 43.8. The molecule has 0 aliphatic heterocycles. The van der Waals surface area contributed by atoms with Gasteiger partial charge in [0, 0.05) is 18.4 Å². The minimum atomic E-state index is -0.674. The molecule has 0 heterocycles. The van der Waals surface area contributed by atoms with Crippen molar-refractivity contribution in [3.63, 3.8) is 0 Å². The third-order valence-electron chi connectivity index (χ3n) is 10.0. The SMILES string of the molecule is O=C(O)CCCCCCCCCCCCCCCCCc1ccc(O)c(O)c1CCCCCCCCCCCCCCCCCC(=O)O. The molecule has 0 amide bonds. The fourth-order valence-corrected chi connectivity index (χ4v) is 6.94. The number of phenolic OH excluding ortho intramolecular Hbond substituents is 2. The molecule has 278 valence electrons. The number of unbranched alkanes of at least 4 members (excludes halogenated alkanes) is 28. The predicted octanol–water partition coefficient (Wildman–Crippen LogP) is 12.8. The summed E-state index contributed by atoms with van der Waals surface area (Å²) in [6, 6.07) is 3.67. The minimum Gasteiger partial charge on any atom is -0.504 e. The van der Waals surface area contributed by atoms with Crippen LogP contribution >= 0.6 is 0 Å². The van der Waals surface area contributed by atoms with Crippen molar-refractivity contribution in [2.45, 2.75) is 218 Å². The van der Waals surface area contributed by atoms with Gasteiger partial charge in [0.2, 0.25) is 0 Å². The van der Waals surface area contributed by atoms with Gasteiger partial charge < -0.3 is 20.4 Å². The molecule has 0 aliphatic carbocycles. The molecule has 0 bridgehead atoms. The third-order valence-corrected chi connectivity index (χ3v) is 10.0. The standard InChI is InChI=1S/C42H74O6/c43-39-36-35-37(31-27-23-19-15-11-7-3-1-5-9-13-17-21-25-29-33-40(44)45)38(42(39)48)32-28-24-20-16-12-8-4-2-6-10-14-18-22-26-30-34-41(46)47/h35-36,43,48H,1-34H2,(H,44,45)(H,46,47). The summed E-state index contributed by atoms with van der Waals surface area (Å²) < 4.78 is 0. The van der Waals surface area contributed by atoms with Crippen LogP contribution in [0, 0.1) is 0 Å². The van der Waals surface area contributed by atoms with Crippen molar-refractivity contribution in [1.82, 2.24) is 0 Å². The zero-order chi connectivity index (χ0) is 34.9. The van der Waals surface area contributed by atoms with Crippen LogP contribution in [0.4, 0.5) is 0 Å². The van der Waals surface area contributed by atoms with Crippen LogP contribution in [-0.4, -0.2) is 32.4 Å². The molecule has 4 N–H and O–H groups in total. The summed E-state index contributed by atoms with van der Waals surface area (Å²) in [7, 11) is 0. The molecule has 48 heavy (non-hydrogen) atoms. The number of carboxylic acids is 2. The summed E-state index contributed by atoms with van der Waals surface area (Å²) in [6.45, 7) is 0. The number of phenols is 2. The van der Waals surface area contributed by atoms with Gasteiger partial charge in [-0.3, -0.25) is 9.59 Å². The van der Waals surface area contributed by atoms with Crippen molar-refractivity contribution in [3.05, 3.63) is 23.3 Å². The van der Waals surface area contributed by atoms with E-state index in [-0.39, 0.29) is 11.5 Å². The molecule has 0 spiro atoms. The summed E-state index contributed by atoms with van der Waals surface area (Å²) >= 11 is 0. The molecule has 0 atom stereocenters. The Morgan fingerprint density at radius 3 is 0.958 bits per heavy atom. The Morgan fingerprint density at radius 2 is 0.646 bits per heavy atom. The maximum absolute atomic E-state index is 10.6. The topological polar surface area (TPSA) is 115 Å². The highest BCUT2D eigenvalue weighted by molar-refractivity contribution is 5.66. The Labute approximate surface area is 294 Å². The molecule has 6 heteroatoms. The van der Waals surface area contributed by atoms with Crippen LogP contribution in [0.2, 0.25) is 0 Å². The second-order valence-electron chi connectivity index (χ2n) is 14.5. The maximum Gasteiger partial charge on any atom is 0.303 e. The molecular formula is C42H74O6. The van der Waals surface area contributed by atoms with E-state index >= 15 is 0 Å². The van der Waals surface area contributed by atoms with E-state index in [9.17, 15) is 19.8 Å². The molecule has 1 rings (SSSR count). The van der Waals surface area contributed by atoms with Crippen molar-refractivity contribution in [2.75, 3.05) is 0 Å². The molecule has 0 unspecified atom stereocenters. The van der Waals surface area contributed by atoms with E-state index < -0.39 is 11.9 Å². The maximum atomic E-state index is 10.6. The van der Waals surface area contributed by atoms with Crippen LogP contribution in [0.15, 0.2) is 12.1 Å². The molecule has 0 saturated carbocycles. The molecule has 6 nitrogen and oxygen atoms in total. The Bertz CT molecular complexity index is 914. The highest BCUT2D eigenvalue weighted by atomic mass is 16.4. The first-order chi connectivity index (χ1) is 23.4. The van der Waals surface area contributed by atoms with Gasteiger partial charge in [0.25, 0.3) is 0 Å². The van der Waals surface area contributed by atoms with Crippen molar-refractivity contribution in [2.24, 2.45) is 0 Å². The van der Waals surface area contributed by atoms with Crippen molar-refractivity contribution >= 4 is 11.9 Å². The number of benzene rings is 1. The van der Waals surface area contributed by atoms with Crippen molar-refractivity contribution in [3.8, 4) is 11.5 Å². The number of hydrogen-bond acceptors (Lipinski definition) is 4. The van der Waals surface area contributed by atoms with Crippen molar-refractivity contribution in [1.29, 1.82) is 0 Å². The van der Waals surface area contributed by atoms with E-state index in [0.29, 0.717) is 12.8 Å². The number of aliphatic carboxylic acids is 2. The van der Waals surface area contributed by atoms with Crippen LogP contribution < -0.4 is 0 Å². The van der Waals surface area contributed by atoms with Gasteiger partial charge in [-0.1, -0.05) is 173 Å². The quantitative estimate of drug-likeness (QED) is 0.0416. The lowest BCUT2D eigenvalue weighted by molar-refractivity contribution is -0.138. The van der Waals surface area contributed by atoms with Crippen LogP contribution in [0.25, 0.3) is 0 Å². The lowest BCUT2D eigenvalue weighted by Gasteiger charge is -2.13. The van der Waals surface area contributed by atoms with Gasteiger partial charge in [0.15, 0.2) is 11.5 Å². The van der Waals surface area contributed by atoms with Gasteiger partial charge in [-0.25, -0.2) is 0 Å². The number of hydrogen-bond donors (Lipinski definition) is 4. The summed E-state index contributed by atoms with van der Waals surface area (Å²) in [5.41, 5.74) is 2.18. The van der Waals surface area contributed by atoms with Crippen LogP contribution in [0.5, 0.6) is 11.5 Å². The molecule has 0 fully saturated rings. The molecular weight excluding hydrogens is 600 g/mol. The summed E-state index contributed by atoms with van der Waals surface area (Å²) in [4.78, 5) is 21.0. The van der Waals surface area contributed by atoms with Crippen LogP contribution in [0.3, 0.4) is 0 Å². The van der Waals surface area contributed by atoms with E-state index in [1.54, 1.807) is 6.07 Å².